The lowest BCUT2D eigenvalue weighted by Crippen LogP contribution is -2.24. The van der Waals surface area contributed by atoms with Crippen LogP contribution in [0.15, 0.2) is 201 Å². The topological polar surface area (TPSA) is 545 Å². The molecule has 0 saturated carbocycles. The number of cyclic esters (lactones) is 2. The summed E-state index contributed by atoms with van der Waals surface area (Å²) in [5.41, 5.74) is 13.6. The molecule has 5 rings (SSSR count). The first-order chi connectivity index (χ1) is 47.8. The van der Waals surface area contributed by atoms with Crippen molar-refractivity contribution in [3.05, 3.63) is 201 Å². The van der Waals surface area contributed by atoms with E-state index in [0.717, 1.165) is 23.1 Å². The fourth-order valence-electron chi connectivity index (χ4n) is 4.76. The van der Waals surface area contributed by atoms with E-state index in [1.165, 1.54) is 69.6 Å². The molecule has 3 aromatic rings. The SMILES string of the molecule is C=C(C)C(=O)Nc1ccc(C(=O)OC)cc1.C=C(C)C(=O)Nc1ccc(O)cc1.C=C(C)C(=O)Nc1ccc(S(N)(=O)=O)cc1.C=C(C)C(=O)OCC(O)CO.C=C(C)C(=O)OCC1COC(=O)O1.C=C(C)C(N)=O.C=CC(=O)NCCO.C=CC(=O)NCO.C=CC(N)=O.CN1C(=O)C=CC1=O. The van der Waals surface area contributed by atoms with Gasteiger partial charge in [-0.05, 0) is 133 Å². The number of imide groups is 1. The number of nitrogens with one attached hydrogen (secondary N) is 5. The minimum atomic E-state index is -3.69. The molecule has 35 heteroatoms. The maximum absolute atomic E-state index is 11.3. The van der Waals surface area contributed by atoms with Gasteiger partial charge in [-0.3, -0.25) is 48.1 Å². The zero-order valence-electron chi connectivity index (χ0n) is 58.3. The standard InChI is InChI=1S/C12H13NO3.C10H12N2O3S.C10H11NO2.C8H10O5.C7H12O4.C5H5NO2.C5H9NO2.C4H7NO2.C4H7NO.C3H5NO/c1-8(2)11(14)13-10-6-4-9(5-7-10)12(15)16-3;1-7(2)10(13)12-8-3-5-9(6-4-8)16(11,14)15;1-7(2)10(13)11-8-3-5-9(12)6-4-8;1-5(2)7(9)11-3-6-4-12-8(10)13-6;1-5(2)7(10)11-4-6(9)3-8;1-6-4(7)2-3-5(6)8;1-2-5(8)6-3-4-7;1-2-4(7)5-3-6;1-3(2)4(5)6;1-2-3(4)5/h4-7H,1H2,2-3H3,(H,13,14);3-6H,1H2,2H3,(H,12,13)(H2,11,14,15);3-6,12H,1H2,2H3,(H,11,13);6H,1,3-4H2,2H3;6,8-9H,1,3-4H2,2H3;2-3H,1H3;2,7H,1,3-4H2,(H,6,8);2,6H,1,3H2,(H,5,7);1H2,2H3,(H2,5,6);2H,1H2,(H2,4,5). The summed E-state index contributed by atoms with van der Waals surface area (Å²) in [6.07, 6.45) is 3.60. The third kappa shape index (κ3) is 54.3. The molecule has 0 aliphatic carbocycles. The summed E-state index contributed by atoms with van der Waals surface area (Å²) < 4.78 is 44.8. The van der Waals surface area contributed by atoms with E-state index >= 15 is 0 Å². The molecular formula is C68H91N9O25S. The number of aliphatic hydroxyl groups excluding tert-OH is 4. The van der Waals surface area contributed by atoms with E-state index in [0.29, 0.717) is 57.0 Å². The average molecular weight is 1470 g/mol. The van der Waals surface area contributed by atoms with E-state index in [9.17, 15) is 70.7 Å². The van der Waals surface area contributed by atoms with Gasteiger partial charge in [-0.2, -0.15) is 0 Å². The molecule has 1 fully saturated rings. The molecule has 0 aromatic heterocycles. The fraction of sp³-hybridized carbons (Fsp3) is 0.250. The Labute approximate surface area is 596 Å². The smallest absolute Gasteiger partial charge is 0.508 e. The van der Waals surface area contributed by atoms with Crippen LogP contribution in [0.5, 0.6) is 5.75 Å². The van der Waals surface area contributed by atoms with E-state index in [4.69, 9.17) is 41.1 Å². The van der Waals surface area contributed by atoms with Crippen LogP contribution in [0.1, 0.15) is 51.9 Å². The number of aromatic hydroxyl groups is 1. The summed E-state index contributed by atoms with van der Waals surface area (Å²) in [4.78, 5) is 138. The number of nitrogens with zero attached hydrogens (tertiary/aromatic N) is 1. The Kier molecular flexibility index (Phi) is 54.6. The van der Waals surface area contributed by atoms with Crippen LogP contribution in [-0.2, 0) is 86.4 Å². The Morgan fingerprint density at radius 1 is 0.621 bits per heavy atom. The Morgan fingerprint density at radius 3 is 1.27 bits per heavy atom. The van der Waals surface area contributed by atoms with Crippen molar-refractivity contribution in [2.45, 2.75) is 58.6 Å². The van der Waals surface area contributed by atoms with Crippen molar-refractivity contribution in [1.29, 1.82) is 0 Å². The van der Waals surface area contributed by atoms with Crippen molar-refractivity contribution in [3.8, 4) is 5.75 Å². The highest BCUT2D eigenvalue weighted by atomic mass is 32.2. The number of benzene rings is 3. The van der Waals surface area contributed by atoms with Gasteiger partial charge in [0.25, 0.3) is 29.5 Å². The molecule has 0 radical (unpaired) electrons. The number of primary sulfonamides is 1. The number of phenolic OH excluding ortho intramolecular Hbond substituents is 1. The van der Waals surface area contributed by atoms with Crippen molar-refractivity contribution in [2.24, 2.45) is 16.6 Å². The second-order valence-corrected chi connectivity index (χ2v) is 21.3. The second kappa shape index (κ2) is 56.6. The lowest BCUT2D eigenvalue weighted by atomic mass is 10.2. The Balaban J connectivity index is -0.000000352. The van der Waals surface area contributed by atoms with E-state index in [2.05, 4.69) is 110 Å². The fourth-order valence-corrected chi connectivity index (χ4v) is 5.27. The molecule has 2 aliphatic rings. The number of phenols is 1. The summed E-state index contributed by atoms with van der Waals surface area (Å²) >= 11 is 0. The van der Waals surface area contributed by atoms with Crippen LogP contribution in [0.25, 0.3) is 0 Å². The zero-order chi connectivity index (χ0) is 80.7. The van der Waals surface area contributed by atoms with Gasteiger partial charge in [0, 0.05) is 76.2 Å². The number of aliphatic hydroxyl groups is 4. The van der Waals surface area contributed by atoms with Crippen molar-refractivity contribution in [2.75, 3.05) is 76.4 Å². The van der Waals surface area contributed by atoms with Crippen molar-refractivity contribution in [3.63, 3.8) is 0 Å². The van der Waals surface area contributed by atoms with E-state index < -0.39 is 64.7 Å². The lowest BCUT2D eigenvalue weighted by molar-refractivity contribution is -0.143. The number of likely N-dealkylation sites (N-methyl/N-ethyl adjacent to an activating group) is 1. The van der Waals surface area contributed by atoms with Crippen LogP contribution < -0.4 is 43.2 Å². The minimum Gasteiger partial charge on any atom is -0.508 e. The van der Waals surface area contributed by atoms with Crippen LogP contribution >= 0.6 is 0 Å². The highest BCUT2D eigenvalue weighted by Crippen LogP contribution is 2.16. The summed E-state index contributed by atoms with van der Waals surface area (Å²) in [5, 5.41) is 59.4. The van der Waals surface area contributed by atoms with Crippen LogP contribution in [0.2, 0.25) is 0 Å². The molecule has 16 N–H and O–H groups in total. The number of primary amides is 2. The molecule has 2 atom stereocenters. The van der Waals surface area contributed by atoms with Crippen LogP contribution in [0.4, 0.5) is 21.9 Å². The predicted molar refractivity (Wildman–Crippen MR) is 381 cm³/mol. The maximum Gasteiger partial charge on any atom is 0.508 e. The van der Waals surface area contributed by atoms with Gasteiger partial charge in [0.15, 0.2) is 6.10 Å². The molecule has 34 nitrogen and oxygen atoms in total. The van der Waals surface area contributed by atoms with Crippen LogP contribution in [0, 0.1) is 0 Å². The number of carbonyl (C=O) groups excluding carboxylic acids is 13. The third-order valence-corrected chi connectivity index (χ3v) is 11.3. The number of sulfonamides is 1. The summed E-state index contributed by atoms with van der Waals surface area (Å²) in [6.45, 7) is 38.9. The van der Waals surface area contributed by atoms with Gasteiger partial charge in [-0.15, -0.1) is 0 Å². The molecule has 2 heterocycles. The molecule has 1 saturated heterocycles. The van der Waals surface area contributed by atoms with Crippen LogP contribution in [0.3, 0.4) is 0 Å². The maximum atomic E-state index is 11.3. The average Bonchev–Trinajstić information content (AvgIpc) is 1.71. The molecule has 564 valence electrons. The van der Waals surface area contributed by atoms with E-state index in [-0.39, 0.29) is 90.7 Å². The van der Waals surface area contributed by atoms with E-state index in [1.54, 1.807) is 71.0 Å². The first-order valence-electron chi connectivity index (χ1n) is 29.0. The van der Waals surface area contributed by atoms with Crippen molar-refractivity contribution >= 4 is 104 Å². The van der Waals surface area contributed by atoms with Gasteiger partial charge >= 0.3 is 24.1 Å². The number of anilines is 3. The Hall–Kier alpha value is -12.3. The number of esters is 3. The van der Waals surface area contributed by atoms with Gasteiger partial charge in [-0.1, -0.05) is 59.2 Å². The quantitative estimate of drug-likeness (QED) is 0.0172. The molecule has 2 aliphatic heterocycles. The number of carbonyl (C=O) groups is 13. The Bertz CT molecular complexity index is 3580. The largest absolute Gasteiger partial charge is 0.508 e. The molecule has 3 aromatic carbocycles. The highest BCUT2D eigenvalue weighted by Gasteiger charge is 2.26. The van der Waals surface area contributed by atoms with Gasteiger partial charge in [0.05, 0.1) is 30.8 Å². The molecule has 9 amide bonds. The first kappa shape index (κ1) is 99.4. The number of rotatable bonds is 22. The minimum absolute atomic E-state index is 0.000763. The number of methoxy groups -OCH3 is 1. The molecule has 103 heavy (non-hydrogen) atoms. The summed E-state index contributed by atoms with van der Waals surface area (Å²) in [7, 11) is -0.927. The van der Waals surface area contributed by atoms with Gasteiger partial charge in [0.2, 0.25) is 33.7 Å². The van der Waals surface area contributed by atoms with Crippen molar-refractivity contribution in [1.82, 2.24) is 15.5 Å². The predicted octanol–water partition coefficient (Wildman–Crippen LogP) is 2.61. The summed E-state index contributed by atoms with van der Waals surface area (Å²) in [6, 6.07) is 18.3. The Morgan fingerprint density at radius 2 is 1.00 bits per heavy atom. The molecule has 0 spiro atoms. The lowest BCUT2D eigenvalue weighted by Gasteiger charge is -2.07. The monoisotopic (exact) mass is 1470 g/mol. The number of ether oxygens (including phenoxy) is 5. The summed E-state index contributed by atoms with van der Waals surface area (Å²) in [5.74, 6) is -4.07. The number of amides is 9. The van der Waals surface area contributed by atoms with Gasteiger partial charge in [0.1, 0.15) is 38.4 Å². The highest BCUT2D eigenvalue weighted by molar-refractivity contribution is 7.89. The zero-order valence-corrected chi connectivity index (χ0v) is 59.1. The first-order valence-corrected chi connectivity index (χ1v) is 30.6. The van der Waals surface area contributed by atoms with Gasteiger partial charge in [-0.25, -0.2) is 32.7 Å². The molecule has 0 bridgehead atoms. The third-order valence-electron chi connectivity index (χ3n) is 10.3. The molecule has 2 unspecified atom stereocenters. The molecular weight excluding hydrogens is 1370 g/mol. The second-order valence-electron chi connectivity index (χ2n) is 19.7. The number of hydrogen-bond donors (Lipinski definition) is 13. The normalized spacial score (nSPS) is 11.5. The van der Waals surface area contributed by atoms with Crippen molar-refractivity contribution < 1.29 is 120 Å². The van der Waals surface area contributed by atoms with E-state index in [1.807, 2.05) is 0 Å². The number of nitrogens with two attached hydrogens (primary N) is 3. The van der Waals surface area contributed by atoms with Crippen LogP contribution in [-0.4, -0.2) is 189 Å². The van der Waals surface area contributed by atoms with Gasteiger partial charge < -0.3 is 87.3 Å². The number of hydrogen-bond acceptors (Lipinski definition) is 25.